The Morgan fingerprint density at radius 1 is 1.11 bits per heavy atom. The fourth-order valence-corrected chi connectivity index (χ4v) is 2.31. The molecule has 0 atom stereocenters. The molecule has 19 heavy (non-hydrogen) atoms. The first-order valence-electron chi connectivity index (χ1n) is 6.48. The van der Waals surface area contributed by atoms with E-state index in [1.807, 2.05) is 12.1 Å². The number of nitrogens with one attached hydrogen (secondary N) is 1. The number of benzene rings is 2. The molecule has 0 spiro atoms. The largest absolute Gasteiger partial charge is 0.308 e. The van der Waals surface area contributed by atoms with E-state index in [1.54, 1.807) is 0 Å². The summed E-state index contributed by atoms with van der Waals surface area (Å²) in [6.07, 6.45) is 1.88. The van der Waals surface area contributed by atoms with Gasteiger partial charge >= 0.3 is 0 Å². The van der Waals surface area contributed by atoms with Crippen LogP contribution in [-0.4, -0.2) is 9.97 Å². The molecule has 1 aromatic heterocycles. The van der Waals surface area contributed by atoms with Gasteiger partial charge in [-0.05, 0) is 29.3 Å². The SMILES string of the molecule is CCCc1nc(NN)c2cc3ccccc3cc2n1. The van der Waals surface area contributed by atoms with Crippen molar-refractivity contribution in [2.45, 2.75) is 19.8 Å². The van der Waals surface area contributed by atoms with Crippen LogP contribution in [0.25, 0.3) is 21.7 Å². The van der Waals surface area contributed by atoms with E-state index in [-0.39, 0.29) is 0 Å². The fourth-order valence-electron chi connectivity index (χ4n) is 2.31. The Labute approximate surface area is 111 Å². The van der Waals surface area contributed by atoms with Crippen LogP contribution in [0.4, 0.5) is 5.82 Å². The summed E-state index contributed by atoms with van der Waals surface area (Å²) in [6, 6.07) is 12.4. The minimum atomic E-state index is 0.694. The van der Waals surface area contributed by atoms with Gasteiger partial charge in [-0.15, -0.1) is 0 Å². The number of aryl methyl sites for hydroxylation is 1. The lowest BCUT2D eigenvalue weighted by molar-refractivity contribution is 0.845. The molecule has 0 fully saturated rings. The van der Waals surface area contributed by atoms with Crippen molar-refractivity contribution >= 4 is 27.5 Å². The van der Waals surface area contributed by atoms with Crippen LogP contribution in [0.5, 0.6) is 0 Å². The maximum Gasteiger partial charge on any atom is 0.151 e. The van der Waals surface area contributed by atoms with Gasteiger partial charge in [0.2, 0.25) is 0 Å². The van der Waals surface area contributed by atoms with Crippen LogP contribution >= 0.6 is 0 Å². The second-order valence-electron chi connectivity index (χ2n) is 4.60. The quantitative estimate of drug-likeness (QED) is 0.427. The molecule has 0 amide bonds. The standard InChI is InChI=1S/C15H16N4/c1-2-5-14-17-13-9-11-7-4-3-6-10(11)8-12(13)15(18-14)19-16/h3-4,6-9H,2,5,16H2,1H3,(H,17,18,19). The minimum absolute atomic E-state index is 0.694. The predicted octanol–water partition coefficient (Wildman–Crippen LogP) is 3.02. The van der Waals surface area contributed by atoms with Gasteiger partial charge in [0, 0.05) is 11.8 Å². The number of hydrazine groups is 1. The van der Waals surface area contributed by atoms with Crippen LogP contribution in [0.1, 0.15) is 19.2 Å². The Morgan fingerprint density at radius 3 is 2.53 bits per heavy atom. The van der Waals surface area contributed by atoms with E-state index in [1.165, 1.54) is 10.8 Å². The highest BCUT2D eigenvalue weighted by molar-refractivity contribution is 6.00. The number of nitrogen functional groups attached to an aromatic ring is 1. The van der Waals surface area contributed by atoms with Crippen molar-refractivity contribution in [1.29, 1.82) is 0 Å². The lowest BCUT2D eigenvalue weighted by Crippen LogP contribution is -2.11. The summed E-state index contributed by atoms with van der Waals surface area (Å²) >= 11 is 0. The molecule has 0 aliphatic heterocycles. The Hall–Kier alpha value is -2.20. The molecular formula is C15H16N4. The molecule has 1 heterocycles. The van der Waals surface area contributed by atoms with E-state index < -0.39 is 0 Å². The van der Waals surface area contributed by atoms with E-state index in [9.17, 15) is 0 Å². The smallest absolute Gasteiger partial charge is 0.151 e. The molecule has 0 radical (unpaired) electrons. The molecule has 0 aliphatic rings. The zero-order chi connectivity index (χ0) is 13.2. The average Bonchev–Trinajstić information content (AvgIpc) is 2.44. The molecule has 3 N–H and O–H groups in total. The van der Waals surface area contributed by atoms with Gasteiger partial charge in [-0.25, -0.2) is 15.8 Å². The Kier molecular flexibility index (Phi) is 3.01. The zero-order valence-corrected chi connectivity index (χ0v) is 10.9. The van der Waals surface area contributed by atoms with Crippen molar-refractivity contribution in [2.24, 2.45) is 5.84 Å². The van der Waals surface area contributed by atoms with Crippen molar-refractivity contribution in [3.05, 3.63) is 42.2 Å². The van der Waals surface area contributed by atoms with Crippen LogP contribution in [0.2, 0.25) is 0 Å². The number of anilines is 1. The van der Waals surface area contributed by atoms with Crippen molar-refractivity contribution in [3.8, 4) is 0 Å². The van der Waals surface area contributed by atoms with Crippen LogP contribution in [-0.2, 0) is 6.42 Å². The molecule has 96 valence electrons. The van der Waals surface area contributed by atoms with Gasteiger partial charge in [0.15, 0.2) is 5.82 Å². The number of hydrogen-bond donors (Lipinski definition) is 2. The molecule has 0 unspecified atom stereocenters. The first-order chi connectivity index (χ1) is 9.31. The molecule has 0 saturated heterocycles. The van der Waals surface area contributed by atoms with Crippen LogP contribution in [0, 0.1) is 0 Å². The van der Waals surface area contributed by atoms with E-state index in [0.29, 0.717) is 5.82 Å². The molecule has 3 rings (SSSR count). The molecule has 0 bridgehead atoms. The summed E-state index contributed by atoms with van der Waals surface area (Å²) in [5.74, 6) is 7.11. The van der Waals surface area contributed by atoms with Crippen molar-refractivity contribution in [2.75, 3.05) is 5.43 Å². The van der Waals surface area contributed by atoms with Gasteiger partial charge in [-0.1, -0.05) is 31.2 Å². The van der Waals surface area contributed by atoms with Gasteiger partial charge in [0.25, 0.3) is 0 Å². The van der Waals surface area contributed by atoms with Gasteiger partial charge in [-0.2, -0.15) is 0 Å². The van der Waals surface area contributed by atoms with Crippen molar-refractivity contribution < 1.29 is 0 Å². The van der Waals surface area contributed by atoms with E-state index in [0.717, 1.165) is 29.6 Å². The normalized spacial score (nSPS) is 11.1. The Bertz CT molecular complexity index is 737. The molecule has 2 aromatic carbocycles. The van der Waals surface area contributed by atoms with Gasteiger partial charge in [0.1, 0.15) is 5.82 Å². The number of nitrogens with two attached hydrogens (primary N) is 1. The Balaban J connectivity index is 2.32. The van der Waals surface area contributed by atoms with Crippen LogP contribution in [0.3, 0.4) is 0 Å². The highest BCUT2D eigenvalue weighted by atomic mass is 15.3. The summed E-state index contributed by atoms with van der Waals surface area (Å²) in [5.41, 5.74) is 3.62. The fraction of sp³-hybridized carbons (Fsp3) is 0.200. The number of nitrogens with zero attached hydrogens (tertiary/aromatic N) is 2. The summed E-state index contributed by atoms with van der Waals surface area (Å²) in [5, 5.41) is 3.30. The lowest BCUT2D eigenvalue weighted by Gasteiger charge is -2.08. The van der Waals surface area contributed by atoms with E-state index in [4.69, 9.17) is 5.84 Å². The summed E-state index contributed by atoms with van der Waals surface area (Å²) in [7, 11) is 0. The monoisotopic (exact) mass is 252 g/mol. The molecule has 0 saturated carbocycles. The summed E-state index contributed by atoms with van der Waals surface area (Å²) in [6.45, 7) is 2.11. The number of hydrogen-bond acceptors (Lipinski definition) is 4. The van der Waals surface area contributed by atoms with Crippen LogP contribution in [0.15, 0.2) is 36.4 Å². The van der Waals surface area contributed by atoms with Crippen LogP contribution < -0.4 is 11.3 Å². The third-order valence-electron chi connectivity index (χ3n) is 3.22. The van der Waals surface area contributed by atoms with E-state index in [2.05, 4.69) is 46.6 Å². The maximum absolute atomic E-state index is 5.58. The number of rotatable bonds is 3. The topological polar surface area (TPSA) is 63.8 Å². The second-order valence-corrected chi connectivity index (χ2v) is 4.60. The van der Waals surface area contributed by atoms with Crippen molar-refractivity contribution in [3.63, 3.8) is 0 Å². The molecule has 0 aliphatic carbocycles. The number of fused-ring (bicyclic) bond motifs is 2. The summed E-state index contributed by atoms with van der Waals surface area (Å²) < 4.78 is 0. The molecule has 4 nitrogen and oxygen atoms in total. The summed E-state index contributed by atoms with van der Waals surface area (Å²) in [4.78, 5) is 9.09. The highest BCUT2D eigenvalue weighted by Gasteiger charge is 2.07. The third kappa shape index (κ3) is 2.11. The van der Waals surface area contributed by atoms with Gasteiger partial charge in [-0.3, -0.25) is 0 Å². The first kappa shape index (κ1) is 11.9. The molecular weight excluding hydrogens is 236 g/mol. The minimum Gasteiger partial charge on any atom is -0.308 e. The van der Waals surface area contributed by atoms with E-state index >= 15 is 0 Å². The van der Waals surface area contributed by atoms with Gasteiger partial charge < -0.3 is 5.43 Å². The Morgan fingerprint density at radius 2 is 1.84 bits per heavy atom. The second kappa shape index (κ2) is 4.82. The predicted molar refractivity (Wildman–Crippen MR) is 78.8 cm³/mol. The number of aromatic nitrogens is 2. The third-order valence-corrected chi connectivity index (χ3v) is 3.22. The average molecular weight is 252 g/mol. The molecule has 3 aromatic rings. The lowest BCUT2D eigenvalue weighted by atomic mass is 10.1. The van der Waals surface area contributed by atoms with Crippen molar-refractivity contribution in [1.82, 2.24) is 9.97 Å². The van der Waals surface area contributed by atoms with Gasteiger partial charge in [0.05, 0.1) is 5.52 Å². The zero-order valence-electron chi connectivity index (χ0n) is 10.9. The molecule has 4 heteroatoms. The highest BCUT2D eigenvalue weighted by Crippen LogP contribution is 2.26. The maximum atomic E-state index is 5.58. The first-order valence-corrected chi connectivity index (χ1v) is 6.48.